The monoisotopic (exact) mass is 278 g/mol. The molecule has 0 aliphatic carbocycles. The number of hydrogen-bond acceptors (Lipinski definition) is 4. The Labute approximate surface area is 115 Å². The van der Waals surface area contributed by atoms with Gasteiger partial charge in [-0.2, -0.15) is 0 Å². The van der Waals surface area contributed by atoms with Crippen LogP contribution in [-0.4, -0.2) is 15.8 Å². The molecule has 0 aliphatic rings. The van der Waals surface area contributed by atoms with Crippen molar-refractivity contribution < 1.29 is 9.18 Å². The number of ketones is 1. The van der Waals surface area contributed by atoms with Crippen LogP contribution in [0.2, 0.25) is 0 Å². The molecule has 0 aromatic carbocycles. The summed E-state index contributed by atoms with van der Waals surface area (Å²) in [6.45, 7) is 6.22. The standard InChI is InChI=1S/C14H15FN2OS/c1-14(2,3)12-8-19-13(17-12)5-11(18)9-4-10(15)7-16-6-9/h4,6-8H,5H2,1-3H3. The number of nitrogens with zero attached hydrogens (tertiary/aromatic N) is 2. The van der Waals surface area contributed by atoms with Crippen molar-refractivity contribution in [2.24, 2.45) is 0 Å². The fraction of sp³-hybridized carbons (Fsp3) is 0.357. The topological polar surface area (TPSA) is 42.9 Å². The van der Waals surface area contributed by atoms with Crippen molar-refractivity contribution in [2.75, 3.05) is 0 Å². The Morgan fingerprint density at radius 3 is 2.68 bits per heavy atom. The Bertz CT molecular complexity index is 601. The van der Waals surface area contributed by atoms with Crippen molar-refractivity contribution in [3.63, 3.8) is 0 Å². The number of carbonyl (C=O) groups is 1. The van der Waals surface area contributed by atoms with Crippen LogP contribution in [0.1, 0.15) is 41.8 Å². The molecule has 0 aliphatic heterocycles. The van der Waals surface area contributed by atoms with Crippen LogP contribution in [0.15, 0.2) is 23.8 Å². The van der Waals surface area contributed by atoms with E-state index in [1.165, 1.54) is 23.6 Å². The van der Waals surface area contributed by atoms with E-state index in [0.717, 1.165) is 16.9 Å². The number of thiazole rings is 1. The molecule has 0 fully saturated rings. The van der Waals surface area contributed by atoms with E-state index in [-0.39, 0.29) is 23.2 Å². The van der Waals surface area contributed by atoms with E-state index >= 15 is 0 Å². The molecule has 0 spiro atoms. The third kappa shape index (κ3) is 3.44. The summed E-state index contributed by atoms with van der Waals surface area (Å²) in [7, 11) is 0. The molecule has 19 heavy (non-hydrogen) atoms. The van der Waals surface area contributed by atoms with Gasteiger partial charge in [0, 0.05) is 22.6 Å². The van der Waals surface area contributed by atoms with Gasteiger partial charge in [0.05, 0.1) is 18.3 Å². The van der Waals surface area contributed by atoms with Gasteiger partial charge in [0.15, 0.2) is 5.78 Å². The minimum Gasteiger partial charge on any atom is -0.294 e. The average molecular weight is 278 g/mol. The van der Waals surface area contributed by atoms with E-state index in [1.807, 2.05) is 5.38 Å². The smallest absolute Gasteiger partial charge is 0.171 e. The summed E-state index contributed by atoms with van der Waals surface area (Å²) >= 11 is 1.46. The van der Waals surface area contributed by atoms with Crippen LogP contribution in [0.3, 0.4) is 0 Å². The second kappa shape index (κ2) is 5.17. The summed E-state index contributed by atoms with van der Waals surface area (Å²) in [5, 5.41) is 2.71. The van der Waals surface area contributed by atoms with Crippen LogP contribution in [-0.2, 0) is 11.8 Å². The molecule has 0 bridgehead atoms. The van der Waals surface area contributed by atoms with Gasteiger partial charge in [-0.05, 0) is 6.07 Å². The molecule has 0 saturated carbocycles. The van der Waals surface area contributed by atoms with Crippen molar-refractivity contribution in [3.8, 4) is 0 Å². The quantitative estimate of drug-likeness (QED) is 0.808. The molecule has 2 rings (SSSR count). The zero-order valence-corrected chi connectivity index (χ0v) is 11.9. The van der Waals surface area contributed by atoms with Gasteiger partial charge in [-0.1, -0.05) is 20.8 Å². The van der Waals surface area contributed by atoms with E-state index in [9.17, 15) is 9.18 Å². The third-order valence-electron chi connectivity index (χ3n) is 2.66. The second-order valence-electron chi connectivity index (χ2n) is 5.37. The van der Waals surface area contributed by atoms with Crippen molar-refractivity contribution >= 4 is 17.1 Å². The molecule has 2 aromatic rings. The molecule has 0 saturated heterocycles. The number of aromatic nitrogens is 2. The molecular formula is C14H15FN2OS. The van der Waals surface area contributed by atoms with Crippen molar-refractivity contribution in [2.45, 2.75) is 32.6 Å². The summed E-state index contributed by atoms with van der Waals surface area (Å²) in [5.74, 6) is -0.665. The summed E-state index contributed by atoms with van der Waals surface area (Å²) in [4.78, 5) is 20.1. The van der Waals surface area contributed by atoms with E-state index in [4.69, 9.17) is 0 Å². The summed E-state index contributed by atoms with van der Waals surface area (Å²) in [5.41, 5.74) is 1.23. The lowest BCUT2D eigenvalue weighted by Crippen LogP contribution is -2.12. The minimum atomic E-state index is -0.500. The first-order valence-electron chi connectivity index (χ1n) is 5.95. The third-order valence-corrected chi connectivity index (χ3v) is 3.51. The first-order chi connectivity index (χ1) is 8.86. The Hall–Kier alpha value is -1.62. The molecule has 100 valence electrons. The SMILES string of the molecule is CC(C)(C)c1csc(CC(=O)c2cncc(F)c2)n1. The van der Waals surface area contributed by atoms with Gasteiger partial charge >= 0.3 is 0 Å². The van der Waals surface area contributed by atoms with Gasteiger partial charge in [0.25, 0.3) is 0 Å². The lowest BCUT2D eigenvalue weighted by Gasteiger charge is -2.14. The predicted molar refractivity (Wildman–Crippen MR) is 73.0 cm³/mol. The molecule has 5 heteroatoms. The average Bonchev–Trinajstić information content (AvgIpc) is 2.77. The number of halogens is 1. The molecule has 2 aromatic heterocycles. The molecule has 0 atom stereocenters. The van der Waals surface area contributed by atoms with Crippen molar-refractivity contribution in [1.29, 1.82) is 0 Å². The molecule has 0 N–H and O–H groups in total. The Morgan fingerprint density at radius 2 is 2.11 bits per heavy atom. The van der Waals surface area contributed by atoms with Crippen molar-refractivity contribution in [3.05, 3.63) is 45.9 Å². The van der Waals surface area contributed by atoms with Crippen LogP contribution in [0.25, 0.3) is 0 Å². The largest absolute Gasteiger partial charge is 0.294 e. The first kappa shape index (κ1) is 13.8. The van der Waals surface area contributed by atoms with E-state index in [0.29, 0.717) is 0 Å². The number of carbonyl (C=O) groups excluding carboxylic acids is 1. The highest BCUT2D eigenvalue weighted by atomic mass is 32.1. The maximum atomic E-state index is 13.0. The molecular weight excluding hydrogens is 263 g/mol. The van der Waals surface area contributed by atoms with Gasteiger partial charge in [-0.3, -0.25) is 9.78 Å². The van der Waals surface area contributed by atoms with Crippen molar-refractivity contribution in [1.82, 2.24) is 9.97 Å². The van der Waals surface area contributed by atoms with Crippen LogP contribution >= 0.6 is 11.3 Å². The fourth-order valence-corrected chi connectivity index (χ4v) is 2.56. The van der Waals surface area contributed by atoms with Gasteiger partial charge in [0.1, 0.15) is 10.8 Å². The highest BCUT2D eigenvalue weighted by molar-refractivity contribution is 7.09. The predicted octanol–water partition coefficient (Wildman–Crippen LogP) is 3.40. The molecule has 0 amide bonds. The van der Waals surface area contributed by atoms with Crippen LogP contribution in [0.4, 0.5) is 4.39 Å². The Kier molecular flexibility index (Phi) is 3.75. The number of Topliss-reactive ketones (excluding diaryl/α,β-unsaturated/α-hetero) is 1. The molecule has 0 radical (unpaired) electrons. The second-order valence-corrected chi connectivity index (χ2v) is 6.31. The number of hydrogen-bond donors (Lipinski definition) is 0. The fourth-order valence-electron chi connectivity index (χ4n) is 1.54. The lowest BCUT2D eigenvalue weighted by atomic mass is 9.93. The molecule has 0 unspecified atom stereocenters. The molecule has 2 heterocycles. The zero-order valence-electron chi connectivity index (χ0n) is 11.1. The van der Waals surface area contributed by atoms with Gasteiger partial charge in [-0.15, -0.1) is 11.3 Å². The molecule has 3 nitrogen and oxygen atoms in total. The lowest BCUT2D eigenvalue weighted by molar-refractivity contribution is 0.0992. The van der Waals surface area contributed by atoms with E-state index < -0.39 is 5.82 Å². The number of pyridine rings is 1. The maximum Gasteiger partial charge on any atom is 0.171 e. The van der Waals surface area contributed by atoms with E-state index in [2.05, 4.69) is 30.7 Å². The normalized spacial score (nSPS) is 11.6. The zero-order chi connectivity index (χ0) is 14.0. The Morgan fingerprint density at radius 1 is 1.37 bits per heavy atom. The highest BCUT2D eigenvalue weighted by Gasteiger charge is 2.18. The van der Waals surface area contributed by atoms with Crippen LogP contribution in [0, 0.1) is 5.82 Å². The highest BCUT2D eigenvalue weighted by Crippen LogP contribution is 2.24. The van der Waals surface area contributed by atoms with Gasteiger partial charge in [-0.25, -0.2) is 9.37 Å². The summed E-state index contributed by atoms with van der Waals surface area (Å²) in [6, 6.07) is 1.20. The van der Waals surface area contributed by atoms with Crippen LogP contribution < -0.4 is 0 Å². The van der Waals surface area contributed by atoms with Gasteiger partial charge < -0.3 is 0 Å². The first-order valence-corrected chi connectivity index (χ1v) is 6.83. The van der Waals surface area contributed by atoms with Crippen LogP contribution in [0.5, 0.6) is 0 Å². The van der Waals surface area contributed by atoms with E-state index in [1.54, 1.807) is 0 Å². The maximum absolute atomic E-state index is 13.0. The Balaban J connectivity index is 2.13. The summed E-state index contributed by atoms with van der Waals surface area (Å²) in [6.07, 6.45) is 2.65. The van der Waals surface area contributed by atoms with Gasteiger partial charge in [0.2, 0.25) is 0 Å². The minimum absolute atomic E-state index is 0.0296. The summed E-state index contributed by atoms with van der Waals surface area (Å²) < 4.78 is 13.0. The number of rotatable bonds is 3.